The lowest BCUT2D eigenvalue weighted by molar-refractivity contribution is 0.0982. The molecule has 0 radical (unpaired) electrons. The Morgan fingerprint density at radius 3 is 2.29 bits per heavy atom. The molecule has 21 heavy (non-hydrogen) atoms. The first kappa shape index (κ1) is 15.0. The summed E-state index contributed by atoms with van der Waals surface area (Å²) in [4.78, 5) is 12.2. The van der Waals surface area contributed by atoms with Crippen LogP contribution in [0.3, 0.4) is 0 Å². The van der Waals surface area contributed by atoms with Gasteiger partial charge in [-0.05, 0) is 42.3 Å². The summed E-state index contributed by atoms with van der Waals surface area (Å²) in [5.74, 6) is 0.864. The summed E-state index contributed by atoms with van der Waals surface area (Å²) >= 11 is 0. The van der Waals surface area contributed by atoms with Gasteiger partial charge in [0.25, 0.3) is 0 Å². The number of ketones is 1. The van der Waals surface area contributed by atoms with Crippen molar-refractivity contribution < 1.29 is 18.7 Å². The summed E-state index contributed by atoms with van der Waals surface area (Å²) < 4.78 is 23.1. The smallest absolute Gasteiger partial charge is 0.163 e. The van der Waals surface area contributed by atoms with Gasteiger partial charge in [-0.25, -0.2) is 4.39 Å². The topological polar surface area (TPSA) is 35.5 Å². The number of rotatable bonds is 6. The van der Waals surface area contributed by atoms with Crippen LogP contribution in [0.15, 0.2) is 42.5 Å². The molecule has 0 amide bonds. The number of hydrogen-bond acceptors (Lipinski definition) is 3. The van der Waals surface area contributed by atoms with Crippen molar-refractivity contribution in [2.75, 3.05) is 14.2 Å². The minimum absolute atomic E-state index is 0.0141. The van der Waals surface area contributed by atoms with Gasteiger partial charge in [0.05, 0.1) is 14.2 Å². The maximum atomic E-state index is 12.8. The van der Waals surface area contributed by atoms with E-state index in [2.05, 4.69) is 0 Å². The Hall–Kier alpha value is -2.36. The summed E-state index contributed by atoms with van der Waals surface area (Å²) in [6.45, 7) is 0. The van der Waals surface area contributed by atoms with E-state index in [0.29, 0.717) is 29.9 Å². The lowest BCUT2D eigenvalue weighted by Crippen LogP contribution is -2.02. The van der Waals surface area contributed by atoms with Crippen LogP contribution in [0.2, 0.25) is 0 Å². The van der Waals surface area contributed by atoms with E-state index in [1.165, 1.54) is 19.2 Å². The van der Waals surface area contributed by atoms with E-state index in [0.717, 1.165) is 5.56 Å². The first-order valence-corrected chi connectivity index (χ1v) is 6.63. The van der Waals surface area contributed by atoms with E-state index in [9.17, 15) is 9.18 Å². The summed E-state index contributed by atoms with van der Waals surface area (Å²) in [7, 11) is 3.08. The fourth-order valence-electron chi connectivity index (χ4n) is 2.06. The van der Waals surface area contributed by atoms with Crippen molar-refractivity contribution in [1.29, 1.82) is 0 Å². The third-order valence-corrected chi connectivity index (χ3v) is 3.26. The van der Waals surface area contributed by atoms with Gasteiger partial charge in [-0.1, -0.05) is 12.1 Å². The van der Waals surface area contributed by atoms with Gasteiger partial charge >= 0.3 is 0 Å². The van der Waals surface area contributed by atoms with Gasteiger partial charge in [0.2, 0.25) is 0 Å². The second-order valence-electron chi connectivity index (χ2n) is 4.62. The highest BCUT2D eigenvalue weighted by molar-refractivity contribution is 5.96. The fraction of sp³-hybridized carbons (Fsp3) is 0.235. The van der Waals surface area contributed by atoms with Crippen molar-refractivity contribution in [2.45, 2.75) is 12.8 Å². The molecule has 0 aliphatic carbocycles. The normalized spacial score (nSPS) is 10.2. The van der Waals surface area contributed by atoms with Crippen LogP contribution < -0.4 is 9.47 Å². The van der Waals surface area contributed by atoms with Crippen LogP contribution in [0, 0.1) is 5.82 Å². The highest BCUT2D eigenvalue weighted by Crippen LogP contribution is 2.28. The monoisotopic (exact) mass is 288 g/mol. The van der Waals surface area contributed by atoms with Crippen LogP contribution in [0.5, 0.6) is 11.5 Å². The third-order valence-electron chi connectivity index (χ3n) is 3.26. The van der Waals surface area contributed by atoms with Crippen LogP contribution in [-0.4, -0.2) is 20.0 Å². The Balaban J connectivity index is 2.04. The fourth-order valence-corrected chi connectivity index (χ4v) is 2.06. The van der Waals surface area contributed by atoms with Gasteiger partial charge in [0.15, 0.2) is 17.3 Å². The molecule has 0 atom stereocenters. The SMILES string of the molecule is COc1ccc(C(=O)CCc2ccc(F)cc2)cc1OC. The summed E-state index contributed by atoms with van der Waals surface area (Å²) in [6.07, 6.45) is 0.939. The molecular formula is C17H17FO3. The van der Waals surface area contributed by atoms with Crippen LogP contribution >= 0.6 is 0 Å². The van der Waals surface area contributed by atoms with Crippen molar-refractivity contribution in [3.63, 3.8) is 0 Å². The number of halogens is 1. The molecule has 2 rings (SSSR count). The highest BCUT2D eigenvalue weighted by Gasteiger charge is 2.11. The van der Waals surface area contributed by atoms with Crippen LogP contribution in [0.4, 0.5) is 4.39 Å². The van der Waals surface area contributed by atoms with Crippen molar-refractivity contribution in [1.82, 2.24) is 0 Å². The summed E-state index contributed by atoms with van der Waals surface area (Å²) in [5, 5.41) is 0. The van der Waals surface area contributed by atoms with Crippen LogP contribution in [0.25, 0.3) is 0 Å². The van der Waals surface area contributed by atoms with Gasteiger partial charge in [-0.3, -0.25) is 4.79 Å². The maximum absolute atomic E-state index is 12.8. The number of Topliss-reactive ketones (excluding diaryl/α,β-unsaturated/α-hetero) is 1. The van der Waals surface area contributed by atoms with Crippen molar-refractivity contribution in [3.8, 4) is 11.5 Å². The van der Waals surface area contributed by atoms with E-state index < -0.39 is 0 Å². The molecule has 0 N–H and O–H groups in total. The van der Waals surface area contributed by atoms with Crippen molar-refractivity contribution in [2.24, 2.45) is 0 Å². The molecule has 2 aromatic carbocycles. The Kier molecular flexibility index (Phi) is 4.93. The average molecular weight is 288 g/mol. The summed E-state index contributed by atoms with van der Waals surface area (Å²) in [5.41, 5.74) is 1.51. The predicted octanol–water partition coefficient (Wildman–Crippen LogP) is 3.66. The van der Waals surface area contributed by atoms with E-state index in [1.54, 1.807) is 37.4 Å². The molecule has 0 fully saturated rings. The Morgan fingerprint density at radius 1 is 1.00 bits per heavy atom. The third kappa shape index (κ3) is 3.81. The lowest BCUT2D eigenvalue weighted by Gasteiger charge is -2.09. The minimum Gasteiger partial charge on any atom is -0.493 e. The van der Waals surface area contributed by atoms with Crippen LogP contribution in [-0.2, 0) is 6.42 Å². The molecule has 0 bridgehead atoms. The Labute approximate surface area is 123 Å². The number of carbonyl (C=O) groups excluding carboxylic acids is 1. The zero-order valence-electron chi connectivity index (χ0n) is 12.1. The molecule has 0 saturated heterocycles. The van der Waals surface area contributed by atoms with Gasteiger partial charge in [-0.15, -0.1) is 0 Å². The molecule has 3 nitrogen and oxygen atoms in total. The molecule has 0 aliphatic rings. The average Bonchev–Trinajstić information content (AvgIpc) is 2.53. The second kappa shape index (κ2) is 6.88. The molecule has 0 aromatic heterocycles. The minimum atomic E-state index is -0.273. The zero-order chi connectivity index (χ0) is 15.2. The predicted molar refractivity (Wildman–Crippen MR) is 78.6 cm³/mol. The molecule has 2 aromatic rings. The highest BCUT2D eigenvalue weighted by atomic mass is 19.1. The number of hydrogen-bond donors (Lipinski definition) is 0. The number of aryl methyl sites for hydroxylation is 1. The van der Waals surface area contributed by atoms with Gasteiger partial charge in [0.1, 0.15) is 5.82 Å². The van der Waals surface area contributed by atoms with E-state index in [1.807, 2.05) is 0 Å². The lowest BCUT2D eigenvalue weighted by atomic mass is 10.0. The number of carbonyl (C=O) groups is 1. The zero-order valence-corrected chi connectivity index (χ0v) is 12.1. The first-order valence-electron chi connectivity index (χ1n) is 6.63. The molecule has 0 aliphatic heterocycles. The van der Waals surface area contributed by atoms with E-state index in [-0.39, 0.29) is 11.6 Å². The van der Waals surface area contributed by atoms with Gasteiger partial charge in [-0.2, -0.15) is 0 Å². The maximum Gasteiger partial charge on any atom is 0.163 e. The van der Waals surface area contributed by atoms with E-state index >= 15 is 0 Å². The molecule has 0 unspecified atom stereocenters. The molecule has 0 heterocycles. The molecule has 0 saturated carbocycles. The number of methoxy groups -OCH3 is 2. The standard InChI is InChI=1S/C17H17FO3/c1-20-16-10-6-13(11-17(16)21-2)15(19)9-5-12-3-7-14(18)8-4-12/h3-4,6-8,10-11H,5,9H2,1-2H3. The molecule has 110 valence electrons. The number of benzene rings is 2. The van der Waals surface area contributed by atoms with Crippen molar-refractivity contribution >= 4 is 5.78 Å². The molecule has 4 heteroatoms. The Morgan fingerprint density at radius 2 is 1.67 bits per heavy atom. The number of ether oxygens (including phenoxy) is 2. The van der Waals surface area contributed by atoms with Gasteiger partial charge in [0, 0.05) is 12.0 Å². The molecular weight excluding hydrogens is 271 g/mol. The van der Waals surface area contributed by atoms with Crippen LogP contribution in [0.1, 0.15) is 22.3 Å². The van der Waals surface area contributed by atoms with Crippen molar-refractivity contribution in [3.05, 3.63) is 59.4 Å². The quantitative estimate of drug-likeness (QED) is 0.761. The first-order chi connectivity index (χ1) is 10.1. The van der Waals surface area contributed by atoms with E-state index in [4.69, 9.17) is 9.47 Å². The second-order valence-corrected chi connectivity index (χ2v) is 4.62. The summed E-state index contributed by atoms with van der Waals surface area (Å²) in [6, 6.07) is 11.3. The Bertz CT molecular complexity index is 620. The largest absolute Gasteiger partial charge is 0.493 e. The molecule has 0 spiro atoms. The van der Waals surface area contributed by atoms with Gasteiger partial charge < -0.3 is 9.47 Å².